The number of ether oxygens (including phenoxy) is 4. The van der Waals surface area contributed by atoms with E-state index in [1.54, 1.807) is 77.0 Å². The molecule has 0 spiro atoms. The number of halogens is 2. The van der Waals surface area contributed by atoms with Crippen molar-refractivity contribution in [2.75, 3.05) is 28.4 Å². The molecule has 0 radical (unpaired) electrons. The van der Waals surface area contributed by atoms with E-state index in [1.807, 2.05) is 48.5 Å². The third kappa shape index (κ3) is 11.6. The largest absolute Gasteiger partial charge is 0.497 e. The van der Waals surface area contributed by atoms with E-state index in [0.717, 1.165) is 38.4 Å². The molecule has 6 aromatic rings. The SMILES string of the molecule is COc1ccc(CN(Cc2ccc(OC)cc2)S(=O)(=O)c2ccn(CC(F)F)n2)cc1.COc1ccc(CN(Cc2ccc(OC)cc2)S(=O)(=O)c2ccn[nH]2)cc1. The van der Waals surface area contributed by atoms with Gasteiger partial charge in [0.25, 0.3) is 26.5 Å². The lowest BCUT2D eigenvalue weighted by atomic mass is 10.2. The van der Waals surface area contributed by atoms with Crippen molar-refractivity contribution in [1.82, 2.24) is 28.6 Å². The molecule has 0 aliphatic rings. The molecule has 0 amide bonds. The van der Waals surface area contributed by atoms with Crippen LogP contribution in [0.5, 0.6) is 23.0 Å². The zero-order chi connectivity index (χ0) is 41.7. The highest BCUT2D eigenvalue weighted by atomic mass is 32.2. The third-order valence-electron chi connectivity index (χ3n) is 8.71. The minimum absolute atomic E-state index is 0.0597. The highest BCUT2D eigenvalue weighted by Gasteiger charge is 2.29. The Kier molecular flexibility index (Phi) is 15.0. The van der Waals surface area contributed by atoms with Crippen LogP contribution in [0.15, 0.2) is 132 Å². The molecule has 18 heteroatoms. The Morgan fingerprint density at radius 2 is 0.931 bits per heavy atom. The molecule has 2 heterocycles. The lowest BCUT2D eigenvalue weighted by Crippen LogP contribution is -2.30. The highest BCUT2D eigenvalue weighted by molar-refractivity contribution is 7.89. The molecule has 0 unspecified atom stereocenters. The van der Waals surface area contributed by atoms with Gasteiger partial charge in [0, 0.05) is 32.4 Å². The Balaban J connectivity index is 0.000000223. The van der Waals surface area contributed by atoms with Gasteiger partial charge in [0.15, 0.2) is 10.1 Å². The Bertz CT molecular complexity index is 2280. The maximum Gasteiger partial charge on any atom is 0.262 e. The van der Waals surface area contributed by atoms with E-state index in [9.17, 15) is 25.6 Å². The summed E-state index contributed by atoms with van der Waals surface area (Å²) in [6.45, 7) is -0.0959. The normalized spacial score (nSPS) is 11.7. The summed E-state index contributed by atoms with van der Waals surface area (Å²) in [5.74, 6) is 2.74. The van der Waals surface area contributed by atoms with Crippen LogP contribution in [0.2, 0.25) is 0 Å². The molecular weight excluding hydrogens is 795 g/mol. The summed E-state index contributed by atoms with van der Waals surface area (Å²) in [7, 11) is -1.51. The number of hydrogen-bond donors (Lipinski definition) is 1. The molecule has 14 nitrogen and oxygen atoms in total. The van der Waals surface area contributed by atoms with Crippen LogP contribution in [0, 0.1) is 0 Å². The Morgan fingerprint density at radius 1 is 0.569 bits per heavy atom. The number of nitrogens with zero attached hydrogens (tertiary/aromatic N) is 5. The van der Waals surface area contributed by atoms with Crippen molar-refractivity contribution >= 4 is 20.0 Å². The summed E-state index contributed by atoms with van der Waals surface area (Å²) < 4.78 is 102. The van der Waals surface area contributed by atoms with E-state index in [1.165, 1.54) is 33.1 Å². The van der Waals surface area contributed by atoms with Gasteiger partial charge in [0.1, 0.15) is 29.5 Å². The highest BCUT2D eigenvalue weighted by Crippen LogP contribution is 2.24. The monoisotopic (exact) mass is 838 g/mol. The van der Waals surface area contributed by atoms with Crippen LogP contribution in [0.4, 0.5) is 8.78 Å². The summed E-state index contributed by atoms with van der Waals surface area (Å²) >= 11 is 0. The van der Waals surface area contributed by atoms with Gasteiger partial charge < -0.3 is 18.9 Å². The smallest absolute Gasteiger partial charge is 0.262 e. The predicted octanol–water partition coefficient (Wildman–Crippen LogP) is 6.37. The second-order valence-corrected chi connectivity index (χ2v) is 16.4. The lowest BCUT2D eigenvalue weighted by molar-refractivity contribution is 0.121. The Hall–Kier alpha value is -5.82. The summed E-state index contributed by atoms with van der Waals surface area (Å²) in [6, 6.07) is 31.4. The first kappa shape index (κ1) is 43.3. The average Bonchev–Trinajstić information content (AvgIpc) is 3.96. The Labute approximate surface area is 336 Å². The van der Waals surface area contributed by atoms with Crippen molar-refractivity contribution in [3.8, 4) is 23.0 Å². The van der Waals surface area contributed by atoms with E-state index >= 15 is 0 Å². The molecule has 0 saturated heterocycles. The molecule has 308 valence electrons. The van der Waals surface area contributed by atoms with E-state index in [0.29, 0.717) is 11.5 Å². The fourth-order valence-corrected chi connectivity index (χ4v) is 8.23. The van der Waals surface area contributed by atoms with Crippen LogP contribution in [0.1, 0.15) is 22.3 Å². The van der Waals surface area contributed by atoms with Crippen LogP contribution in [-0.4, -0.2) is 80.3 Å². The Morgan fingerprint density at radius 3 is 1.24 bits per heavy atom. The number of aromatic amines is 1. The molecule has 6 rings (SSSR count). The fraction of sp³-hybridized carbons (Fsp3) is 0.250. The lowest BCUT2D eigenvalue weighted by Gasteiger charge is -2.22. The molecule has 0 bridgehead atoms. The minimum Gasteiger partial charge on any atom is -0.497 e. The summed E-state index contributed by atoms with van der Waals surface area (Å²) in [5.41, 5.74) is 3.19. The number of hydrogen-bond acceptors (Lipinski definition) is 10. The molecular formula is C40H44F2N6O8S2. The van der Waals surface area contributed by atoms with Crippen LogP contribution >= 0.6 is 0 Å². The van der Waals surface area contributed by atoms with Gasteiger partial charge >= 0.3 is 0 Å². The maximum atomic E-state index is 13.3. The molecule has 0 saturated carbocycles. The number of nitrogens with one attached hydrogen (secondary N) is 1. The standard InChI is InChI=1S/C21H23F2N3O4S.C19H21N3O4S/c1-29-18-7-3-16(4-8-18)13-26(14-17-5-9-19(30-2)10-6-17)31(27,28)21-11-12-25(24-21)15-20(22)23;1-25-17-7-3-15(4-8-17)13-22(27(23,24)19-11-12-20-21-19)14-16-5-9-18(26-2)10-6-16/h3-12,20H,13-15H2,1-2H3;3-12H,13-14H2,1-2H3,(H,20,21). The van der Waals surface area contributed by atoms with E-state index in [4.69, 9.17) is 18.9 Å². The van der Waals surface area contributed by atoms with Gasteiger partial charge in [-0.3, -0.25) is 9.78 Å². The van der Waals surface area contributed by atoms with Crippen LogP contribution in [0.25, 0.3) is 0 Å². The van der Waals surface area contributed by atoms with Crippen molar-refractivity contribution in [3.05, 3.63) is 144 Å². The molecule has 0 aliphatic heterocycles. The van der Waals surface area contributed by atoms with E-state index in [2.05, 4.69) is 15.3 Å². The van der Waals surface area contributed by atoms with Gasteiger partial charge in [-0.2, -0.15) is 18.8 Å². The molecule has 2 aromatic heterocycles. The number of rotatable bonds is 18. The first-order valence-corrected chi connectivity index (χ1v) is 20.6. The minimum atomic E-state index is -4.05. The van der Waals surface area contributed by atoms with Crippen molar-refractivity contribution in [1.29, 1.82) is 0 Å². The van der Waals surface area contributed by atoms with Crippen LogP contribution in [-0.2, 0) is 52.8 Å². The number of aromatic nitrogens is 4. The second kappa shape index (κ2) is 20.0. The predicted molar refractivity (Wildman–Crippen MR) is 212 cm³/mol. The first-order chi connectivity index (χ1) is 27.8. The zero-order valence-electron chi connectivity index (χ0n) is 32.2. The molecule has 4 aromatic carbocycles. The van der Waals surface area contributed by atoms with Crippen molar-refractivity contribution in [3.63, 3.8) is 0 Å². The van der Waals surface area contributed by atoms with Gasteiger partial charge in [-0.25, -0.2) is 25.6 Å². The molecule has 58 heavy (non-hydrogen) atoms. The topological polar surface area (TPSA) is 158 Å². The number of methoxy groups -OCH3 is 4. The van der Waals surface area contributed by atoms with Crippen LogP contribution < -0.4 is 18.9 Å². The molecule has 0 atom stereocenters. The number of sulfonamides is 2. The summed E-state index contributed by atoms with van der Waals surface area (Å²) in [5, 5.41) is 9.94. The van der Waals surface area contributed by atoms with Crippen LogP contribution in [0.3, 0.4) is 0 Å². The van der Waals surface area contributed by atoms with E-state index < -0.39 is 33.0 Å². The fourth-order valence-electron chi connectivity index (χ4n) is 5.57. The quantitative estimate of drug-likeness (QED) is 0.103. The second-order valence-electron chi connectivity index (χ2n) is 12.6. The molecule has 1 N–H and O–H groups in total. The zero-order valence-corrected chi connectivity index (χ0v) is 33.9. The van der Waals surface area contributed by atoms with Crippen molar-refractivity contribution < 1.29 is 44.6 Å². The van der Waals surface area contributed by atoms with Gasteiger partial charge in [-0.1, -0.05) is 48.5 Å². The van der Waals surface area contributed by atoms with Gasteiger partial charge in [0.05, 0.1) is 34.6 Å². The van der Waals surface area contributed by atoms with Gasteiger partial charge in [-0.05, 0) is 82.9 Å². The summed E-state index contributed by atoms with van der Waals surface area (Å²) in [4.78, 5) is 0. The average molecular weight is 839 g/mol. The summed E-state index contributed by atoms with van der Waals surface area (Å²) in [6.07, 6.45) is 0.0224. The molecule has 0 fully saturated rings. The molecule has 0 aliphatic carbocycles. The maximum absolute atomic E-state index is 13.3. The third-order valence-corrected chi connectivity index (χ3v) is 12.1. The number of benzene rings is 4. The number of H-pyrrole nitrogens is 1. The first-order valence-electron chi connectivity index (χ1n) is 17.7. The van der Waals surface area contributed by atoms with Crippen molar-refractivity contribution in [2.24, 2.45) is 0 Å². The van der Waals surface area contributed by atoms with Crippen molar-refractivity contribution in [2.45, 2.75) is 49.2 Å². The van der Waals surface area contributed by atoms with E-state index in [-0.39, 0.29) is 36.2 Å². The van der Waals surface area contributed by atoms with Gasteiger partial charge in [-0.15, -0.1) is 0 Å². The number of alkyl halides is 2. The van der Waals surface area contributed by atoms with Gasteiger partial charge in [0.2, 0.25) is 0 Å².